The first-order valence-corrected chi connectivity index (χ1v) is 6.13. The highest BCUT2D eigenvalue weighted by Gasteiger charge is 2.32. The maximum Gasteiger partial charge on any atom is 0.226 e. The van der Waals surface area contributed by atoms with Gasteiger partial charge in [0.15, 0.2) is 11.6 Å². The Hall–Kier alpha value is -1.56. The standard InChI is InChI=1S/C13H15F3N2O/c14-8-5-9(15)12(10(16)6-8)18-11(19)7-13(17)3-1-2-4-13/h5-6H,1-4,7,17H2,(H,18,19). The Morgan fingerprint density at radius 3 is 2.26 bits per heavy atom. The molecule has 0 atom stereocenters. The molecule has 0 aliphatic heterocycles. The summed E-state index contributed by atoms with van der Waals surface area (Å²) >= 11 is 0. The zero-order valence-corrected chi connectivity index (χ0v) is 10.3. The van der Waals surface area contributed by atoms with E-state index in [0.717, 1.165) is 25.7 Å². The Kier molecular flexibility index (Phi) is 3.80. The summed E-state index contributed by atoms with van der Waals surface area (Å²) in [5.74, 6) is -3.86. The molecule has 3 N–H and O–H groups in total. The molecular weight excluding hydrogens is 257 g/mol. The quantitative estimate of drug-likeness (QED) is 0.888. The minimum Gasteiger partial charge on any atom is -0.325 e. The average molecular weight is 272 g/mol. The van der Waals surface area contributed by atoms with E-state index < -0.39 is 34.6 Å². The molecule has 0 bridgehead atoms. The summed E-state index contributed by atoms with van der Waals surface area (Å²) in [4.78, 5) is 11.7. The van der Waals surface area contributed by atoms with Crippen molar-refractivity contribution >= 4 is 11.6 Å². The normalized spacial score (nSPS) is 17.5. The molecule has 0 spiro atoms. The van der Waals surface area contributed by atoms with Crippen LogP contribution in [-0.4, -0.2) is 11.4 Å². The van der Waals surface area contributed by atoms with E-state index in [1.165, 1.54) is 0 Å². The highest BCUT2D eigenvalue weighted by Crippen LogP contribution is 2.30. The van der Waals surface area contributed by atoms with Crippen LogP contribution < -0.4 is 11.1 Å². The van der Waals surface area contributed by atoms with Crippen LogP contribution in [0.3, 0.4) is 0 Å². The lowest BCUT2D eigenvalue weighted by Crippen LogP contribution is -2.40. The van der Waals surface area contributed by atoms with Crippen LogP contribution in [0.2, 0.25) is 0 Å². The van der Waals surface area contributed by atoms with Crippen molar-refractivity contribution in [2.75, 3.05) is 5.32 Å². The summed E-state index contributed by atoms with van der Waals surface area (Å²) in [7, 11) is 0. The second-order valence-electron chi connectivity index (χ2n) is 5.04. The molecule has 6 heteroatoms. The van der Waals surface area contributed by atoms with Crippen LogP contribution in [0.1, 0.15) is 32.1 Å². The molecule has 1 amide bonds. The molecule has 0 saturated heterocycles. The summed E-state index contributed by atoms with van der Waals surface area (Å²) in [6.45, 7) is 0. The lowest BCUT2D eigenvalue weighted by Gasteiger charge is -2.22. The molecule has 0 radical (unpaired) electrons. The summed E-state index contributed by atoms with van der Waals surface area (Å²) in [5.41, 5.74) is 4.77. The van der Waals surface area contributed by atoms with Gasteiger partial charge in [-0.15, -0.1) is 0 Å². The van der Waals surface area contributed by atoms with Crippen molar-refractivity contribution in [2.45, 2.75) is 37.6 Å². The van der Waals surface area contributed by atoms with Crippen LogP contribution in [0.25, 0.3) is 0 Å². The second-order valence-corrected chi connectivity index (χ2v) is 5.04. The van der Waals surface area contributed by atoms with Crippen molar-refractivity contribution in [1.29, 1.82) is 0 Å². The highest BCUT2D eigenvalue weighted by atomic mass is 19.1. The first-order valence-electron chi connectivity index (χ1n) is 6.13. The smallest absolute Gasteiger partial charge is 0.226 e. The van der Waals surface area contributed by atoms with Gasteiger partial charge in [0.2, 0.25) is 5.91 Å². The van der Waals surface area contributed by atoms with Crippen molar-refractivity contribution in [2.24, 2.45) is 5.73 Å². The Balaban J connectivity index is 2.07. The second kappa shape index (κ2) is 5.21. The molecule has 1 fully saturated rings. The first-order chi connectivity index (χ1) is 8.89. The van der Waals surface area contributed by atoms with Gasteiger partial charge < -0.3 is 11.1 Å². The van der Waals surface area contributed by atoms with E-state index in [9.17, 15) is 18.0 Å². The summed E-state index contributed by atoms with van der Waals surface area (Å²) in [6.07, 6.45) is 3.33. The molecule has 1 aliphatic carbocycles. The number of nitrogens with two attached hydrogens (primary N) is 1. The van der Waals surface area contributed by atoms with E-state index >= 15 is 0 Å². The van der Waals surface area contributed by atoms with Gasteiger partial charge in [-0.2, -0.15) is 0 Å². The minimum atomic E-state index is -1.14. The largest absolute Gasteiger partial charge is 0.325 e. The SMILES string of the molecule is NC1(CC(=O)Nc2c(F)cc(F)cc2F)CCCC1. The number of carbonyl (C=O) groups excluding carboxylic acids is 1. The maximum atomic E-state index is 13.4. The van der Waals surface area contributed by atoms with Gasteiger partial charge in [-0.3, -0.25) is 4.79 Å². The van der Waals surface area contributed by atoms with Crippen LogP contribution >= 0.6 is 0 Å². The fourth-order valence-corrected chi connectivity index (χ4v) is 2.42. The van der Waals surface area contributed by atoms with E-state index in [1.807, 2.05) is 0 Å². The summed E-state index contributed by atoms with van der Waals surface area (Å²) in [5, 5.41) is 2.12. The van der Waals surface area contributed by atoms with Crippen LogP contribution in [-0.2, 0) is 4.79 Å². The number of halogens is 3. The van der Waals surface area contributed by atoms with Crippen LogP contribution in [0, 0.1) is 17.5 Å². The van der Waals surface area contributed by atoms with Gasteiger partial charge in [0.05, 0.1) is 0 Å². The topological polar surface area (TPSA) is 55.1 Å². The van der Waals surface area contributed by atoms with Crippen LogP contribution in [0.15, 0.2) is 12.1 Å². The predicted octanol–water partition coefficient (Wildman–Crippen LogP) is 2.70. The number of benzene rings is 1. The Bertz CT molecular complexity index is 476. The molecular formula is C13H15F3N2O. The molecule has 2 rings (SSSR count). The number of rotatable bonds is 3. The molecule has 1 aliphatic rings. The van der Waals surface area contributed by atoms with Crippen molar-refractivity contribution < 1.29 is 18.0 Å². The van der Waals surface area contributed by atoms with Gasteiger partial charge in [0, 0.05) is 24.1 Å². The third-order valence-electron chi connectivity index (χ3n) is 3.38. The number of nitrogens with one attached hydrogen (secondary N) is 1. The third-order valence-corrected chi connectivity index (χ3v) is 3.38. The van der Waals surface area contributed by atoms with Gasteiger partial charge >= 0.3 is 0 Å². The molecule has 1 aromatic carbocycles. The van der Waals surface area contributed by atoms with Gasteiger partial charge in [0.1, 0.15) is 11.5 Å². The zero-order chi connectivity index (χ0) is 14.0. The predicted molar refractivity (Wildman–Crippen MR) is 64.9 cm³/mol. The van der Waals surface area contributed by atoms with Crippen LogP contribution in [0.5, 0.6) is 0 Å². The van der Waals surface area contributed by atoms with Crippen molar-refractivity contribution in [3.63, 3.8) is 0 Å². The van der Waals surface area contributed by atoms with Gasteiger partial charge in [-0.05, 0) is 12.8 Å². The molecule has 104 valence electrons. The monoisotopic (exact) mass is 272 g/mol. The fraction of sp³-hybridized carbons (Fsp3) is 0.462. The fourth-order valence-electron chi connectivity index (χ4n) is 2.42. The van der Waals surface area contributed by atoms with Gasteiger partial charge in [-0.1, -0.05) is 12.8 Å². The van der Waals surface area contributed by atoms with E-state index in [4.69, 9.17) is 5.73 Å². The van der Waals surface area contributed by atoms with E-state index in [2.05, 4.69) is 5.32 Å². The number of carbonyl (C=O) groups is 1. The van der Waals surface area contributed by atoms with Gasteiger partial charge in [-0.25, -0.2) is 13.2 Å². The van der Waals surface area contributed by atoms with E-state index in [0.29, 0.717) is 12.1 Å². The van der Waals surface area contributed by atoms with Crippen LogP contribution in [0.4, 0.5) is 18.9 Å². The van der Waals surface area contributed by atoms with Crippen molar-refractivity contribution in [1.82, 2.24) is 0 Å². The van der Waals surface area contributed by atoms with Gasteiger partial charge in [0.25, 0.3) is 0 Å². The third kappa shape index (κ3) is 3.26. The summed E-state index contributed by atoms with van der Waals surface area (Å²) in [6, 6.07) is 1.04. The number of hydrogen-bond acceptors (Lipinski definition) is 2. The Morgan fingerprint density at radius 2 is 1.74 bits per heavy atom. The van der Waals surface area contributed by atoms with E-state index in [1.54, 1.807) is 0 Å². The molecule has 19 heavy (non-hydrogen) atoms. The zero-order valence-electron chi connectivity index (χ0n) is 10.3. The molecule has 3 nitrogen and oxygen atoms in total. The molecule has 0 unspecified atom stereocenters. The Labute approximate surface area is 109 Å². The minimum absolute atomic E-state index is 0.00323. The Morgan fingerprint density at radius 1 is 1.21 bits per heavy atom. The lowest BCUT2D eigenvalue weighted by molar-refractivity contribution is -0.117. The molecule has 1 saturated carbocycles. The maximum absolute atomic E-state index is 13.4. The average Bonchev–Trinajstić information content (AvgIpc) is 2.70. The first kappa shape index (κ1) is 13.9. The number of hydrogen-bond donors (Lipinski definition) is 2. The summed E-state index contributed by atoms with van der Waals surface area (Å²) < 4.78 is 39.4. The molecule has 0 aromatic heterocycles. The lowest BCUT2D eigenvalue weighted by atomic mass is 9.94. The number of anilines is 1. The molecule has 1 aromatic rings. The molecule has 0 heterocycles. The van der Waals surface area contributed by atoms with Crippen molar-refractivity contribution in [3.8, 4) is 0 Å². The number of amides is 1. The van der Waals surface area contributed by atoms with E-state index in [-0.39, 0.29) is 6.42 Å². The van der Waals surface area contributed by atoms with Crippen molar-refractivity contribution in [3.05, 3.63) is 29.6 Å². The highest BCUT2D eigenvalue weighted by molar-refractivity contribution is 5.91.